The first-order chi connectivity index (χ1) is 7.83. The first-order valence-corrected chi connectivity index (χ1v) is 3.99. The van der Waals surface area contributed by atoms with Crippen molar-refractivity contribution >= 4 is 0 Å². The Labute approximate surface area is 97.6 Å². The average Bonchev–Trinajstić information content (AvgIpc) is 2.12. The highest BCUT2D eigenvalue weighted by atomic mass is 17.1. The maximum absolute atomic E-state index is 10.8. The molecule has 0 aromatic carbocycles. The van der Waals surface area contributed by atoms with Crippen molar-refractivity contribution in [2.24, 2.45) is 0 Å². The normalized spacial score (nSPS) is 18.2. The van der Waals surface area contributed by atoms with Crippen LogP contribution < -0.4 is 0 Å². The minimum absolute atomic E-state index is 0.0807. The van der Waals surface area contributed by atoms with Gasteiger partial charge in [-0.05, 0) is 4.97 Å². The SMILES string of the molecule is [O-][N+](O)(O)C1=CN([N+]([O-])(O)O)C=CN1[N+]([O-])(O)O. The molecule has 6 N–H and O–H groups in total. The molecule has 0 saturated heterocycles. The molecule has 0 atom stereocenters. The van der Waals surface area contributed by atoms with Crippen LogP contribution in [0.15, 0.2) is 24.4 Å². The van der Waals surface area contributed by atoms with Crippen molar-refractivity contribution in [3.63, 3.8) is 0 Å². The van der Waals surface area contributed by atoms with Crippen molar-refractivity contribution in [1.82, 2.24) is 10.0 Å². The highest BCUT2D eigenvalue weighted by Gasteiger charge is 2.42. The minimum atomic E-state index is -3.34. The molecule has 0 amide bonds. The first kappa shape index (κ1) is 14.7. The number of hydrogen-bond acceptors (Lipinski definition) is 11. The zero-order valence-corrected chi connectivity index (χ0v) is 8.38. The second-order valence-electron chi connectivity index (χ2n) is 3.08. The molecule has 0 fully saturated rings. The zero-order chi connectivity index (χ0) is 14.4. The molecule has 1 rings (SSSR count). The summed E-state index contributed by atoms with van der Waals surface area (Å²) >= 11 is 0. The predicted octanol–water partition coefficient (Wildman–Crippen LogP) is -1.02. The van der Waals surface area contributed by atoms with E-state index in [-0.39, 0.29) is 16.2 Å². The van der Waals surface area contributed by atoms with Crippen molar-refractivity contribution in [3.05, 3.63) is 40.0 Å². The Kier molecular flexibility index (Phi) is 3.31. The molecular weight excluding hydrogens is 262 g/mol. The lowest BCUT2D eigenvalue weighted by molar-refractivity contribution is -1.30. The topological polar surface area (TPSA) is 197 Å². The van der Waals surface area contributed by atoms with E-state index in [1.54, 1.807) is 0 Å². The summed E-state index contributed by atoms with van der Waals surface area (Å²) in [6, 6.07) is 0. The van der Waals surface area contributed by atoms with Gasteiger partial charge in [0.1, 0.15) is 0 Å². The number of hydrogen-bond donors (Lipinski definition) is 6. The van der Waals surface area contributed by atoms with Crippen LogP contribution in [0.2, 0.25) is 0 Å². The van der Waals surface area contributed by atoms with Gasteiger partial charge in [0.05, 0.1) is 12.4 Å². The van der Waals surface area contributed by atoms with Gasteiger partial charge >= 0.3 is 5.82 Å². The van der Waals surface area contributed by atoms with Crippen LogP contribution in [0.5, 0.6) is 0 Å². The minimum Gasteiger partial charge on any atom is -0.558 e. The molecule has 0 aromatic heterocycles. The highest BCUT2D eigenvalue weighted by Crippen LogP contribution is 2.25. The number of quaternary nitrogens is 3. The van der Waals surface area contributed by atoms with E-state index in [2.05, 4.69) is 0 Å². The van der Waals surface area contributed by atoms with Crippen LogP contribution in [0.3, 0.4) is 0 Å². The smallest absolute Gasteiger partial charge is 0.348 e. The molecular formula is C4H9N5O9. The predicted molar refractivity (Wildman–Crippen MR) is 42.5 cm³/mol. The fraction of sp³-hybridized carbons (Fsp3) is 0. The average molecular weight is 271 g/mol. The van der Waals surface area contributed by atoms with E-state index in [1.807, 2.05) is 0 Å². The molecule has 1 aliphatic heterocycles. The monoisotopic (exact) mass is 271 g/mol. The summed E-state index contributed by atoms with van der Waals surface area (Å²) in [5, 5.41) is 77.2. The van der Waals surface area contributed by atoms with Crippen molar-refractivity contribution < 1.29 is 46.4 Å². The Morgan fingerprint density at radius 3 is 1.67 bits per heavy atom. The van der Waals surface area contributed by atoms with Crippen LogP contribution in [-0.4, -0.2) is 56.4 Å². The van der Waals surface area contributed by atoms with E-state index in [1.165, 1.54) is 0 Å². The molecule has 0 unspecified atom stereocenters. The summed E-state index contributed by atoms with van der Waals surface area (Å²) < 4.78 is 0. The molecule has 0 aliphatic carbocycles. The Morgan fingerprint density at radius 2 is 1.33 bits per heavy atom. The van der Waals surface area contributed by atoms with E-state index in [0.29, 0.717) is 12.4 Å². The fourth-order valence-corrected chi connectivity index (χ4v) is 1.02. The quantitative estimate of drug-likeness (QED) is 0.271. The third-order valence-electron chi connectivity index (χ3n) is 1.72. The van der Waals surface area contributed by atoms with Crippen molar-refractivity contribution in [2.45, 2.75) is 0 Å². The van der Waals surface area contributed by atoms with Gasteiger partial charge < -0.3 is 15.6 Å². The van der Waals surface area contributed by atoms with Gasteiger partial charge in [-0.25, -0.2) is 0 Å². The van der Waals surface area contributed by atoms with Crippen LogP contribution >= 0.6 is 0 Å². The number of nitrogens with zero attached hydrogens (tertiary/aromatic N) is 5. The lowest BCUT2D eigenvalue weighted by Crippen LogP contribution is -2.57. The number of rotatable bonds is 3. The van der Waals surface area contributed by atoms with E-state index >= 15 is 0 Å². The molecule has 0 saturated carbocycles. The molecule has 104 valence electrons. The maximum atomic E-state index is 10.8. The van der Waals surface area contributed by atoms with Gasteiger partial charge in [-0.1, -0.05) is 5.01 Å². The van der Waals surface area contributed by atoms with Gasteiger partial charge in [0.2, 0.25) is 0 Å². The molecule has 0 aromatic rings. The van der Waals surface area contributed by atoms with Gasteiger partial charge in [-0.15, -0.1) is 5.01 Å². The molecule has 1 heterocycles. The first-order valence-electron chi connectivity index (χ1n) is 3.99. The van der Waals surface area contributed by atoms with Crippen LogP contribution in [0, 0.1) is 15.6 Å². The molecule has 18 heavy (non-hydrogen) atoms. The summed E-state index contributed by atoms with van der Waals surface area (Å²) in [5.41, 5.74) is 0. The maximum Gasteiger partial charge on any atom is 0.348 e. The Bertz CT molecular complexity index is 374. The zero-order valence-electron chi connectivity index (χ0n) is 8.38. The molecule has 0 spiro atoms. The molecule has 14 heteroatoms. The van der Waals surface area contributed by atoms with Gasteiger partial charge in [0, 0.05) is 10.2 Å². The van der Waals surface area contributed by atoms with E-state index in [9.17, 15) is 15.6 Å². The van der Waals surface area contributed by atoms with E-state index in [0.717, 1.165) is 0 Å². The third-order valence-corrected chi connectivity index (χ3v) is 1.72. The second kappa shape index (κ2) is 4.07. The second-order valence-corrected chi connectivity index (χ2v) is 3.08. The highest BCUT2D eigenvalue weighted by molar-refractivity contribution is 5.00. The van der Waals surface area contributed by atoms with Crippen LogP contribution in [0.25, 0.3) is 0 Å². The Balaban J connectivity index is 3.20. The van der Waals surface area contributed by atoms with E-state index in [4.69, 9.17) is 31.2 Å². The van der Waals surface area contributed by atoms with Crippen LogP contribution in [0.1, 0.15) is 0 Å². The lowest BCUT2D eigenvalue weighted by atomic mass is 10.6. The van der Waals surface area contributed by atoms with Crippen molar-refractivity contribution in [3.8, 4) is 0 Å². The Hall–Kier alpha value is -1.40. The number of hydroxylamine groups is 3. The molecule has 0 radical (unpaired) electrons. The lowest BCUT2D eigenvalue weighted by Gasteiger charge is -2.40. The van der Waals surface area contributed by atoms with Crippen LogP contribution in [0.4, 0.5) is 0 Å². The van der Waals surface area contributed by atoms with Gasteiger partial charge in [0.15, 0.2) is 6.20 Å². The molecule has 14 nitrogen and oxygen atoms in total. The fourth-order valence-electron chi connectivity index (χ4n) is 1.02. The molecule has 0 bridgehead atoms. The van der Waals surface area contributed by atoms with Gasteiger partial charge in [-0.2, -0.15) is 31.2 Å². The third kappa shape index (κ3) is 3.08. The summed E-state index contributed by atoms with van der Waals surface area (Å²) in [7, 11) is 0. The van der Waals surface area contributed by atoms with Crippen molar-refractivity contribution in [2.75, 3.05) is 0 Å². The molecule has 1 aliphatic rings. The Morgan fingerprint density at radius 1 is 0.833 bits per heavy atom. The van der Waals surface area contributed by atoms with Gasteiger partial charge in [-0.3, -0.25) is 0 Å². The van der Waals surface area contributed by atoms with Gasteiger partial charge in [0.25, 0.3) is 0 Å². The standard InChI is InChI=1S/C4H9N5O9/c10-7(11,12)4-3-5(8(13,14)15)1-2-6(4)9(16,17)18/h1-3,10-11,13-14,16-17H. The summed E-state index contributed by atoms with van der Waals surface area (Å²) in [6.45, 7) is 0. The van der Waals surface area contributed by atoms with Crippen molar-refractivity contribution in [1.29, 1.82) is 0 Å². The van der Waals surface area contributed by atoms with Crippen LogP contribution in [-0.2, 0) is 0 Å². The summed E-state index contributed by atoms with van der Waals surface area (Å²) in [6.07, 6.45) is 0.817. The summed E-state index contributed by atoms with van der Waals surface area (Å²) in [4.78, 5) is -3.34. The summed E-state index contributed by atoms with van der Waals surface area (Å²) in [5.74, 6) is -1.51. The largest absolute Gasteiger partial charge is 0.558 e. The van der Waals surface area contributed by atoms with E-state index < -0.39 is 21.0 Å².